The largest absolute Gasteiger partial charge is 0.364 e. The lowest BCUT2D eigenvalue weighted by Gasteiger charge is -2.55. The molecule has 3 fully saturated rings. The summed E-state index contributed by atoms with van der Waals surface area (Å²) in [5.74, 6) is -2.53. The molecular formula is C26H30N6O6. The number of piperazine rings is 1. The van der Waals surface area contributed by atoms with Gasteiger partial charge >= 0.3 is 12.1 Å². The molecule has 12 nitrogen and oxygen atoms in total. The highest BCUT2D eigenvalue weighted by Crippen LogP contribution is 2.47. The molecule has 0 bridgehead atoms. The van der Waals surface area contributed by atoms with E-state index >= 15 is 0 Å². The van der Waals surface area contributed by atoms with Gasteiger partial charge in [-0.25, -0.2) is 9.59 Å². The smallest absolute Gasteiger partial charge is 0.332 e. The number of imide groups is 4. The third kappa shape index (κ3) is 3.62. The van der Waals surface area contributed by atoms with Crippen LogP contribution in [0.4, 0.5) is 15.3 Å². The van der Waals surface area contributed by atoms with E-state index in [0.717, 1.165) is 26.9 Å². The number of amides is 8. The van der Waals surface area contributed by atoms with Crippen LogP contribution < -0.4 is 10.2 Å². The first-order valence-corrected chi connectivity index (χ1v) is 12.6. The van der Waals surface area contributed by atoms with Crippen LogP contribution in [0.1, 0.15) is 24.5 Å². The Bertz CT molecular complexity index is 1300. The third-order valence-corrected chi connectivity index (χ3v) is 7.92. The van der Waals surface area contributed by atoms with Gasteiger partial charge in [0.15, 0.2) is 5.41 Å². The van der Waals surface area contributed by atoms with Crippen LogP contribution in [0, 0.1) is 5.41 Å². The summed E-state index contributed by atoms with van der Waals surface area (Å²) in [6.07, 6.45) is 2.03. The van der Waals surface area contributed by atoms with Crippen molar-refractivity contribution in [3.63, 3.8) is 0 Å². The predicted octanol–water partition coefficient (Wildman–Crippen LogP) is 0.272. The van der Waals surface area contributed by atoms with Crippen molar-refractivity contribution in [3.05, 3.63) is 34.9 Å². The highest BCUT2D eigenvalue weighted by Gasteiger charge is 2.63. The topological polar surface area (TPSA) is 131 Å². The van der Waals surface area contributed by atoms with E-state index in [0.29, 0.717) is 30.6 Å². The van der Waals surface area contributed by atoms with Crippen molar-refractivity contribution in [1.82, 2.24) is 24.9 Å². The van der Waals surface area contributed by atoms with E-state index in [1.165, 1.54) is 20.2 Å². The Hall–Kier alpha value is -4.06. The van der Waals surface area contributed by atoms with Crippen LogP contribution in [0.25, 0.3) is 6.08 Å². The van der Waals surface area contributed by atoms with Crippen molar-refractivity contribution in [2.45, 2.75) is 25.8 Å². The molecule has 1 unspecified atom stereocenters. The van der Waals surface area contributed by atoms with Gasteiger partial charge < -0.3 is 9.80 Å². The van der Waals surface area contributed by atoms with Crippen molar-refractivity contribution in [1.29, 1.82) is 0 Å². The average molecular weight is 523 g/mol. The maximum absolute atomic E-state index is 13.7. The summed E-state index contributed by atoms with van der Waals surface area (Å²) < 4.78 is 0. The van der Waals surface area contributed by atoms with Gasteiger partial charge in [0.05, 0.1) is 6.04 Å². The number of fused-ring (bicyclic) bond motifs is 4. The zero-order valence-electron chi connectivity index (χ0n) is 21.8. The fourth-order valence-corrected chi connectivity index (χ4v) is 5.98. The lowest BCUT2D eigenvalue weighted by atomic mass is 9.67. The number of nitrogens with one attached hydrogen (secondary N) is 1. The van der Waals surface area contributed by atoms with E-state index in [4.69, 9.17) is 0 Å². The average Bonchev–Trinajstić information content (AvgIpc) is 2.89. The van der Waals surface area contributed by atoms with E-state index in [9.17, 15) is 28.8 Å². The van der Waals surface area contributed by atoms with Crippen LogP contribution in [0.3, 0.4) is 0 Å². The maximum atomic E-state index is 13.7. The zero-order valence-corrected chi connectivity index (χ0v) is 21.8. The van der Waals surface area contributed by atoms with E-state index in [1.807, 2.05) is 20.0 Å². The SMILES string of the molecule is CCCN1C(=O)NC(=O)C(=Cc2ccc3c(c2)CC2(C(=O)N(C)C(=O)N(C)C2=O)C2CN(C)CCN32)C1=O. The minimum absolute atomic E-state index is 0.0641. The number of nitrogens with zero attached hydrogens (tertiary/aromatic N) is 5. The fraction of sp³-hybridized carbons (Fsp3) is 0.462. The third-order valence-electron chi connectivity index (χ3n) is 7.92. The first-order valence-electron chi connectivity index (χ1n) is 12.6. The molecule has 0 radical (unpaired) electrons. The minimum atomic E-state index is -1.51. The maximum Gasteiger partial charge on any atom is 0.332 e. The number of hydrogen-bond acceptors (Lipinski definition) is 8. The van der Waals surface area contributed by atoms with Gasteiger partial charge in [0.2, 0.25) is 11.8 Å². The van der Waals surface area contributed by atoms with E-state index < -0.39 is 47.1 Å². The summed E-state index contributed by atoms with van der Waals surface area (Å²) in [6, 6.07) is 3.51. The molecule has 5 rings (SSSR count). The Morgan fingerprint density at radius 3 is 2.34 bits per heavy atom. The second kappa shape index (κ2) is 9.05. The molecule has 1 N–H and O–H groups in total. The number of urea groups is 2. The number of anilines is 1. The Kier molecular flexibility index (Phi) is 6.09. The molecule has 4 heterocycles. The molecular weight excluding hydrogens is 492 g/mol. The number of likely N-dealkylation sites (N-methyl/N-ethyl adjacent to an activating group) is 1. The Morgan fingerprint density at radius 2 is 1.68 bits per heavy atom. The Balaban J connectivity index is 1.60. The number of carbonyl (C=O) groups is 6. The lowest BCUT2D eigenvalue weighted by molar-refractivity contribution is -0.160. The van der Waals surface area contributed by atoms with E-state index in [1.54, 1.807) is 12.1 Å². The van der Waals surface area contributed by atoms with Gasteiger partial charge in [0.1, 0.15) is 5.57 Å². The van der Waals surface area contributed by atoms with Crippen molar-refractivity contribution in [3.8, 4) is 0 Å². The van der Waals surface area contributed by atoms with Crippen molar-refractivity contribution in [2.75, 3.05) is 52.2 Å². The molecule has 4 aliphatic rings. The summed E-state index contributed by atoms with van der Waals surface area (Å²) in [5, 5.41) is 2.20. The first kappa shape index (κ1) is 25.6. The molecule has 38 heavy (non-hydrogen) atoms. The highest BCUT2D eigenvalue weighted by atomic mass is 16.2. The summed E-state index contributed by atoms with van der Waals surface area (Å²) >= 11 is 0. The van der Waals surface area contributed by atoms with Crippen molar-refractivity contribution >= 4 is 47.5 Å². The number of barbiturate groups is 2. The normalized spacial score (nSPS) is 24.8. The quantitative estimate of drug-likeness (QED) is 0.340. The van der Waals surface area contributed by atoms with Crippen LogP contribution in [-0.2, 0) is 25.6 Å². The molecule has 0 saturated carbocycles. The van der Waals surface area contributed by atoms with Gasteiger partial charge in [-0.15, -0.1) is 0 Å². The van der Waals surface area contributed by atoms with Crippen LogP contribution >= 0.6 is 0 Å². The second-order valence-corrected chi connectivity index (χ2v) is 10.3. The van der Waals surface area contributed by atoms with Gasteiger partial charge in [-0.1, -0.05) is 13.0 Å². The lowest BCUT2D eigenvalue weighted by Crippen LogP contribution is -2.74. The van der Waals surface area contributed by atoms with Gasteiger partial charge in [-0.05, 0) is 49.2 Å². The molecule has 3 saturated heterocycles. The molecule has 200 valence electrons. The van der Waals surface area contributed by atoms with Crippen molar-refractivity contribution in [2.24, 2.45) is 5.41 Å². The highest BCUT2D eigenvalue weighted by molar-refractivity contribution is 6.31. The molecule has 1 aromatic carbocycles. The monoisotopic (exact) mass is 522 g/mol. The molecule has 12 heteroatoms. The standard InChI is InChI=1S/C26H30N6O6/c1-5-8-32-21(34)17(20(33)27-24(32)37)12-15-6-7-18-16(11-15)13-26(19-14-28(2)9-10-31(18)19)22(35)29(3)25(38)30(4)23(26)36/h6-7,11-12,19H,5,8-10,13-14H2,1-4H3,(H,27,33,37). The summed E-state index contributed by atoms with van der Waals surface area (Å²) in [6.45, 7) is 3.76. The fourth-order valence-electron chi connectivity index (χ4n) is 5.98. The zero-order chi connectivity index (χ0) is 27.5. The van der Waals surface area contributed by atoms with Gasteiger partial charge in [0.25, 0.3) is 11.8 Å². The van der Waals surface area contributed by atoms with E-state index in [2.05, 4.69) is 15.1 Å². The Morgan fingerprint density at radius 1 is 1.00 bits per heavy atom. The minimum Gasteiger partial charge on any atom is -0.364 e. The van der Waals surface area contributed by atoms with Gasteiger partial charge in [0, 0.05) is 46.0 Å². The van der Waals surface area contributed by atoms with Gasteiger partial charge in [-0.3, -0.25) is 39.2 Å². The molecule has 4 aliphatic heterocycles. The summed E-state index contributed by atoms with van der Waals surface area (Å²) in [7, 11) is 4.71. The van der Waals surface area contributed by atoms with E-state index in [-0.39, 0.29) is 18.5 Å². The predicted molar refractivity (Wildman–Crippen MR) is 136 cm³/mol. The number of benzene rings is 1. The molecule has 8 amide bonds. The number of hydrogen-bond donors (Lipinski definition) is 1. The van der Waals surface area contributed by atoms with Crippen LogP contribution in [0.2, 0.25) is 0 Å². The molecule has 0 aromatic heterocycles. The van der Waals surface area contributed by atoms with Crippen LogP contribution in [0.5, 0.6) is 0 Å². The molecule has 1 aromatic rings. The van der Waals surface area contributed by atoms with Crippen LogP contribution in [-0.4, -0.2) is 109 Å². The molecule has 1 spiro atoms. The van der Waals surface area contributed by atoms with Gasteiger partial charge in [-0.2, -0.15) is 0 Å². The second-order valence-electron chi connectivity index (χ2n) is 10.3. The number of carbonyl (C=O) groups excluding carboxylic acids is 6. The Labute approximate surface area is 219 Å². The first-order chi connectivity index (χ1) is 18.0. The molecule has 0 aliphatic carbocycles. The summed E-state index contributed by atoms with van der Waals surface area (Å²) in [5.41, 5.74) is 0.400. The van der Waals surface area contributed by atoms with Crippen molar-refractivity contribution < 1.29 is 28.8 Å². The summed E-state index contributed by atoms with van der Waals surface area (Å²) in [4.78, 5) is 84.7. The molecule has 1 atom stereocenters. The van der Waals surface area contributed by atoms with Crippen LogP contribution in [0.15, 0.2) is 23.8 Å². The number of rotatable bonds is 3.